The average Bonchev–Trinajstić information content (AvgIpc) is 2.55. The van der Waals surface area contributed by atoms with E-state index in [-0.39, 0.29) is 11.8 Å². The fraction of sp³-hybridized carbons (Fsp3) is 0.278. The highest BCUT2D eigenvalue weighted by atomic mass is 16.5. The summed E-state index contributed by atoms with van der Waals surface area (Å²) < 4.78 is 5.30. The Morgan fingerprint density at radius 1 is 1.10 bits per heavy atom. The van der Waals surface area contributed by atoms with Crippen LogP contribution < -0.4 is 10.1 Å². The van der Waals surface area contributed by atoms with Crippen LogP contribution in [0.1, 0.15) is 30.4 Å². The monoisotopic (exact) mass is 283 g/mol. The molecule has 0 radical (unpaired) electrons. The maximum Gasteiger partial charge on any atom is 0.227 e. The largest absolute Gasteiger partial charge is 0.496 e. The van der Waals surface area contributed by atoms with Crippen molar-refractivity contribution in [2.45, 2.75) is 25.8 Å². The first kappa shape index (κ1) is 15.1. The summed E-state index contributed by atoms with van der Waals surface area (Å²) >= 11 is 0. The van der Waals surface area contributed by atoms with E-state index >= 15 is 0 Å². The van der Waals surface area contributed by atoms with E-state index in [0.29, 0.717) is 6.54 Å². The van der Waals surface area contributed by atoms with Crippen LogP contribution >= 0.6 is 0 Å². The quantitative estimate of drug-likeness (QED) is 0.881. The van der Waals surface area contributed by atoms with Crippen molar-refractivity contribution in [2.75, 3.05) is 7.11 Å². The highest BCUT2D eigenvalue weighted by Crippen LogP contribution is 2.21. The van der Waals surface area contributed by atoms with Gasteiger partial charge in [0, 0.05) is 12.1 Å². The minimum atomic E-state index is -0.110. The van der Waals surface area contributed by atoms with Crippen molar-refractivity contribution >= 4 is 5.91 Å². The number of carbonyl (C=O) groups is 1. The summed E-state index contributed by atoms with van der Waals surface area (Å²) in [5.41, 5.74) is 2.04. The van der Waals surface area contributed by atoms with E-state index in [1.165, 1.54) is 0 Å². The van der Waals surface area contributed by atoms with Gasteiger partial charge in [-0.2, -0.15) is 0 Å². The summed E-state index contributed by atoms with van der Waals surface area (Å²) in [4.78, 5) is 12.4. The van der Waals surface area contributed by atoms with Crippen LogP contribution in [0.3, 0.4) is 0 Å². The van der Waals surface area contributed by atoms with Crippen LogP contribution in [0.15, 0.2) is 54.6 Å². The van der Waals surface area contributed by atoms with E-state index in [2.05, 4.69) is 5.32 Å². The lowest BCUT2D eigenvalue weighted by Gasteiger charge is -2.16. The van der Waals surface area contributed by atoms with Gasteiger partial charge in [-0.3, -0.25) is 4.79 Å². The summed E-state index contributed by atoms with van der Waals surface area (Å²) in [5.74, 6) is 0.737. The van der Waals surface area contributed by atoms with Crippen LogP contribution in [0.25, 0.3) is 0 Å². The average molecular weight is 283 g/mol. The van der Waals surface area contributed by atoms with E-state index in [0.717, 1.165) is 23.3 Å². The maximum absolute atomic E-state index is 12.4. The molecule has 0 saturated carbocycles. The first-order chi connectivity index (χ1) is 10.3. The van der Waals surface area contributed by atoms with Crippen molar-refractivity contribution in [1.82, 2.24) is 5.32 Å². The molecule has 0 aromatic heterocycles. The van der Waals surface area contributed by atoms with Gasteiger partial charge in [0.05, 0.1) is 13.0 Å². The number of methoxy groups -OCH3 is 1. The second-order valence-electron chi connectivity index (χ2n) is 4.90. The Hall–Kier alpha value is -2.29. The number of amides is 1. The minimum absolute atomic E-state index is 0.0506. The van der Waals surface area contributed by atoms with Crippen LogP contribution in [0.5, 0.6) is 5.75 Å². The highest BCUT2D eigenvalue weighted by Gasteiger charge is 2.18. The zero-order valence-corrected chi connectivity index (χ0v) is 12.5. The summed E-state index contributed by atoms with van der Waals surface area (Å²) in [6, 6.07) is 17.6. The molecular formula is C18H21NO2. The Labute approximate surface area is 126 Å². The van der Waals surface area contributed by atoms with E-state index in [9.17, 15) is 4.79 Å². The van der Waals surface area contributed by atoms with Gasteiger partial charge in [-0.05, 0) is 18.1 Å². The third-order valence-electron chi connectivity index (χ3n) is 3.57. The molecule has 1 atom stereocenters. The SMILES string of the molecule is CC[C@@H](C(=O)NCc1ccccc1OC)c1ccccc1. The van der Waals surface area contributed by atoms with Gasteiger partial charge < -0.3 is 10.1 Å². The molecule has 0 fully saturated rings. The lowest BCUT2D eigenvalue weighted by molar-refractivity contribution is -0.122. The second-order valence-corrected chi connectivity index (χ2v) is 4.90. The Morgan fingerprint density at radius 3 is 2.43 bits per heavy atom. The Kier molecular flexibility index (Phi) is 5.38. The smallest absolute Gasteiger partial charge is 0.227 e. The van der Waals surface area contributed by atoms with Crippen LogP contribution in [-0.2, 0) is 11.3 Å². The van der Waals surface area contributed by atoms with Crippen molar-refractivity contribution in [2.24, 2.45) is 0 Å². The molecule has 0 aliphatic carbocycles. The molecule has 110 valence electrons. The highest BCUT2D eigenvalue weighted by molar-refractivity contribution is 5.83. The summed E-state index contributed by atoms with van der Waals surface area (Å²) in [7, 11) is 1.64. The Morgan fingerprint density at radius 2 is 1.76 bits per heavy atom. The second kappa shape index (κ2) is 7.48. The van der Waals surface area contributed by atoms with E-state index in [1.807, 2.05) is 61.5 Å². The van der Waals surface area contributed by atoms with Crippen LogP contribution in [0.4, 0.5) is 0 Å². The Bertz CT molecular complexity index is 581. The molecular weight excluding hydrogens is 262 g/mol. The van der Waals surface area contributed by atoms with Crippen LogP contribution in [0.2, 0.25) is 0 Å². The number of para-hydroxylation sites is 1. The van der Waals surface area contributed by atoms with Gasteiger partial charge in [0.15, 0.2) is 0 Å². The third kappa shape index (κ3) is 3.85. The minimum Gasteiger partial charge on any atom is -0.496 e. The fourth-order valence-electron chi connectivity index (χ4n) is 2.41. The number of hydrogen-bond donors (Lipinski definition) is 1. The number of nitrogens with one attached hydrogen (secondary N) is 1. The molecule has 1 N–H and O–H groups in total. The number of benzene rings is 2. The molecule has 0 bridgehead atoms. The first-order valence-electron chi connectivity index (χ1n) is 7.20. The topological polar surface area (TPSA) is 38.3 Å². The van der Waals surface area contributed by atoms with Crippen molar-refractivity contribution in [3.8, 4) is 5.75 Å². The van der Waals surface area contributed by atoms with Crippen molar-refractivity contribution in [1.29, 1.82) is 0 Å². The van der Waals surface area contributed by atoms with Gasteiger partial charge in [-0.25, -0.2) is 0 Å². The fourth-order valence-corrected chi connectivity index (χ4v) is 2.41. The molecule has 2 rings (SSSR count). The van der Waals surface area contributed by atoms with Gasteiger partial charge in [0.1, 0.15) is 5.75 Å². The van der Waals surface area contributed by atoms with Gasteiger partial charge in [0.2, 0.25) is 5.91 Å². The van der Waals surface area contributed by atoms with E-state index < -0.39 is 0 Å². The molecule has 2 aromatic rings. The third-order valence-corrected chi connectivity index (χ3v) is 3.57. The maximum atomic E-state index is 12.4. The van der Waals surface area contributed by atoms with Crippen molar-refractivity contribution in [3.63, 3.8) is 0 Å². The van der Waals surface area contributed by atoms with Crippen molar-refractivity contribution < 1.29 is 9.53 Å². The number of carbonyl (C=O) groups excluding carboxylic acids is 1. The van der Waals surface area contributed by atoms with Gasteiger partial charge in [-0.1, -0.05) is 55.5 Å². The predicted molar refractivity (Wildman–Crippen MR) is 84.3 cm³/mol. The van der Waals surface area contributed by atoms with Crippen LogP contribution in [0, 0.1) is 0 Å². The number of hydrogen-bond acceptors (Lipinski definition) is 2. The zero-order valence-electron chi connectivity index (χ0n) is 12.5. The molecule has 3 nitrogen and oxygen atoms in total. The molecule has 0 heterocycles. The summed E-state index contributed by atoms with van der Waals surface area (Å²) in [5, 5.41) is 3.00. The number of rotatable bonds is 6. The molecule has 1 amide bonds. The Balaban J connectivity index is 2.03. The van der Waals surface area contributed by atoms with E-state index in [1.54, 1.807) is 7.11 Å². The van der Waals surface area contributed by atoms with Gasteiger partial charge >= 0.3 is 0 Å². The van der Waals surface area contributed by atoms with E-state index in [4.69, 9.17) is 4.74 Å². The van der Waals surface area contributed by atoms with Gasteiger partial charge in [-0.15, -0.1) is 0 Å². The normalized spacial score (nSPS) is 11.7. The molecule has 3 heteroatoms. The summed E-state index contributed by atoms with van der Waals surface area (Å²) in [6.07, 6.45) is 0.780. The summed E-state index contributed by atoms with van der Waals surface area (Å²) in [6.45, 7) is 2.51. The van der Waals surface area contributed by atoms with Gasteiger partial charge in [0.25, 0.3) is 0 Å². The van der Waals surface area contributed by atoms with Crippen molar-refractivity contribution in [3.05, 3.63) is 65.7 Å². The molecule has 0 aliphatic rings. The lowest BCUT2D eigenvalue weighted by atomic mass is 9.95. The molecule has 21 heavy (non-hydrogen) atoms. The lowest BCUT2D eigenvalue weighted by Crippen LogP contribution is -2.28. The molecule has 0 aliphatic heterocycles. The standard InChI is InChI=1S/C18H21NO2/c1-3-16(14-9-5-4-6-10-14)18(20)19-13-15-11-7-8-12-17(15)21-2/h4-12,16H,3,13H2,1-2H3,(H,19,20)/t16-/m1/s1. The predicted octanol–water partition coefficient (Wildman–Crippen LogP) is 3.51. The zero-order chi connectivity index (χ0) is 15.1. The number of ether oxygens (including phenoxy) is 1. The molecule has 0 saturated heterocycles. The van der Waals surface area contributed by atoms with Crippen LogP contribution in [-0.4, -0.2) is 13.0 Å². The first-order valence-corrected chi connectivity index (χ1v) is 7.20. The molecule has 2 aromatic carbocycles. The molecule has 0 spiro atoms. The molecule has 0 unspecified atom stereocenters.